The molecule has 5 heteroatoms. The fraction of sp³-hybridized carbons (Fsp3) is 0.818. The summed E-state index contributed by atoms with van der Waals surface area (Å²) in [5.74, 6) is 0.992. The van der Waals surface area contributed by atoms with Crippen LogP contribution in [0.3, 0.4) is 0 Å². The number of rotatable bonds is 5. The Morgan fingerprint density at radius 3 is 3.19 bits per heavy atom. The Bertz CT molecular complexity index is 316. The van der Waals surface area contributed by atoms with Crippen LogP contribution >= 0.6 is 0 Å². The first kappa shape index (κ1) is 11.5. The van der Waals surface area contributed by atoms with Crippen molar-refractivity contribution in [1.82, 2.24) is 25.4 Å². The first-order chi connectivity index (χ1) is 7.75. The average Bonchev–Trinajstić information content (AvgIpc) is 2.87. The second kappa shape index (κ2) is 5.41. The van der Waals surface area contributed by atoms with Crippen molar-refractivity contribution in [3.63, 3.8) is 0 Å². The SMILES string of the molecule is CC(CC1CCCN1)NCc1nncn1C. The summed E-state index contributed by atoms with van der Waals surface area (Å²) in [6, 6.07) is 1.22. The molecule has 1 aromatic rings. The highest BCUT2D eigenvalue weighted by molar-refractivity contribution is 4.85. The molecule has 2 atom stereocenters. The van der Waals surface area contributed by atoms with E-state index in [1.165, 1.54) is 25.8 Å². The molecule has 0 bridgehead atoms. The fourth-order valence-corrected chi connectivity index (χ4v) is 2.20. The van der Waals surface area contributed by atoms with Crippen molar-refractivity contribution < 1.29 is 0 Å². The maximum absolute atomic E-state index is 4.05. The summed E-state index contributed by atoms with van der Waals surface area (Å²) in [5, 5.41) is 14.9. The van der Waals surface area contributed by atoms with E-state index in [4.69, 9.17) is 0 Å². The van der Waals surface area contributed by atoms with Crippen LogP contribution < -0.4 is 10.6 Å². The molecule has 2 unspecified atom stereocenters. The van der Waals surface area contributed by atoms with Gasteiger partial charge in [-0.3, -0.25) is 0 Å². The van der Waals surface area contributed by atoms with Crippen LogP contribution in [0.1, 0.15) is 32.0 Å². The third-order valence-electron chi connectivity index (χ3n) is 3.21. The number of nitrogens with zero attached hydrogens (tertiary/aromatic N) is 3. The van der Waals surface area contributed by atoms with Crippen molar-refractivity contribution in [2.45, 2.75) is 44.8 Å². The van der Waals surface area contributed by atoms with Gasteiger partial charge in [0.15, 0.2) is 0 Å². The Hall–Kier alpha value is -0.940. The monoisotopic (exact) mass is 223 g/mol. The highest BCUT2D eigenvalue weighted by Crippen LogP contribution is 2.10. The van der Waals surface area contributed by atoms with E-state index in [-0.39, 0.29) is 0 Å². The molecular formula is C11H21N5. The zero-order chi connectivity index (χ0) is 11.4. The van der Waals surface area contributed by atoms with Crippen molar-refractivity contribution in [3.05, 3.63) is 12.2 Å². The Balaban J connectivity index is 1.71. The standard InChI is InChI=1S/C11H21N5/c1-9(6-10-4-3-5-12-10)13-7-11-15-14-8-16(11)2/h8-10,12-13H,3-7H2,1-2H3. The van der Waals surface area contributed by atoms with Crippen molar-refractivity contribution >= 4 is 0 Å². The van der Waals surface area contributed by atoms with Gasteiger partial charge in [0.05, 0.1) is 6.54 Å². The number of nitrogens with one attached hydrogen (secondary N) is 2. The van der Waals surface area contributed by atoms with Crippen LogP contribution in [0, 0.1) is 0 Å². The van der Waals surface area contributed by atoms with E-state index >= 15 is 0 Å². The molecule has 1 aliphatic heterocycles. The third kappa shape index (κ3) is 3.02. The molecular weight excluding hydrogens is 202 g/mol. The lowest BCUT2D eigenvalue weighted by Crippen LogP contribution is -2.34. The molecule has 5 nitrogen and oxygen atoms in total. The molecule has 1 fully saturated rings. The van der Waals surface area contributed by atoms with E-state index < -0.39 is 0 Å². The van der Waals surface area contributed by atoms with E-state index in [0.717, 1.165) is 12.4 Å². The van der Waals surface area contributed by atoms with E-state index in [9.17, 15) is 0 Å². The van der Waals surface area contributed by atoms with Crippen LogP contribution in [0.25, 0.3) is 0 Å². The first-order valence-corrected chi connectivity index (χ1v) is 6.05. The van der Waals surface area contributed by atoms with Gasteiger partial charge in [-0.1, -0.05) is 0 Å². The van der Waals surface area contributed by atoms with E-state index in [0.29, 0.717) is 12.1 Å². The normalized spacial score (nSPS) is 22.5. The number of aromatic nitrogens is 3. The summed E-state index contributed by atoms with van der Waals surface area (Å²) < 4.78 is 1.95. The largest absolute Gasteiger partial charge is 0.320 e. The smallest absolute Gasteiger partial charge is 0.146 e. The third-order valence-corrected chi connectivity index (χ3v) is 3.21. The number of hydrogen-bond donors (Lipinski definition) is 2. The van der Waals surface area contributed by atoms with Gasteiger partial charge in [-0.2, -0.15) is 0 Å². The summed E-state index contributed by atoms with van der Waals surface area (Å²) in [6.45, 7) is 4.21. The molecule has 2 rings (SSSR count). The number of hydrogen-bond acceptors (Lipinski definition) is 4. The van der Waals surface area contributed by atoms with Gasteiger partial charge in [0.2, 0.25) is 0 Å². The Labute approximate surface area is 96.6 Å². The average molecular weight is 223 g/mol. The van der Waals surface area contributed by atoms with Crippen LogP contribution in [0.5, 0.6) is 0 Å². The maximum atomic E-state index is 4.05. The van der Waals surface area contributed by atoms with Gasteiger partial charge in [0, 0.05) is 19.1 Å². The highest BCUT2D eigenvalue weighted by Gasteiger charge is 2.16. The minimum absolute atomic E-state index is 0.521. The molecule has 0 spiro atoms. The molecule has 2 heterocycles. The molecule has 1 aromatic heterocycles. The van der Waals surface area contributed by atoms with Gasteiger partial charge in [0.25, 0.3) is 0 Å². The first-order valence-electron chi connectivity index (χ1n) is 6.05. The summed E-state index contributed by atoms with van der Waals surface area (Å²) >= 11 is 0. The van der Waals surface area contributed by atoms with E-state index in [1.54, 1.807) is 6.33 Å². The van der Waals surface area contributed by atoms with Crippen molar-refractivity contribution in [2.75, 3.05) is 6.54 Å². The van der Waals surface area contributed by atoms with Gasteiger partial charge in [0.1, 0.15) is 12.2 Å². The predicted octanol–water partition coefficient (Wildman–Crippen LogP) is 0.435. The Morgan fingerprint density at radius 1 is 1.69 bits per heavy atom. The van der Waals surface area contributed by atoms with Gasteiger partial charge in [-0.05, 0) is 32.7 Å². The molecule has 0 aliphatic carbocycles. The Kier molecular flexibility index (Phi) is 3.90. The molecule has 0 radical (unpaired) electrons. The van der Waals surface area contributed by atoms with Crippen molar-refractivity contribution in [1.29, 1.82) is 0 Å². The van der Waals surface area contributed by atoms with Crippen LogP contribution in [-0.2, 0) is 13.6 Å². The van der Waals surface area contributed by atoms with E-state index in [2.05, 4.69) is 27.8 Å². The molecule has 90 valence electrons. The molecule has 0 aromatic carbocycles. The van der Waals surface area contributed by atoms with Crippen molar-refractivity contribution in [3.8, 4) is 0 Å². The van der Waals surface area contributed by atoms with Gasteiger partial charge in [-0.15, -0.1) is 10.2 Å². The molecule has 16 heavy (non-hydrogen) atoms. The predicted molar refractivity (Wildman–Crippen MR) is 62.9 cm³/mol. The quantitative estimate of drug-likeness (QED) is 0.760. The van der Waals surface area contributed by atoms with Gasteiger partial charge < -0.3 is 15.2 Å². The molecule has 1 aliphatic rings. The van der Waals surface area contributed by atoms with Gasteiger partial charge in [-0.25, -0.2) is 0 Å². The fourth-order valence-electron chi connectivity index (χ4n) is 2.20. The molecule has 0 amide bonds. The maximum Gasteiger partial charge on any atom is 0.146 e. The minimum atomic E-state index is 0.521. The van der Waals surface area contributed by atoms with Crippen LogP contribution in [0.4, 0.5) is 0 Å². The lowest BCUT2D eigenvalue weighted by Gasteiger charge is -2.17. The van der Waals surface area contributed by atoms with Crippen molar-refractivity contribution in [2.24, 2.45) is 7.05 Å². The van der Waals surface area contributed by atoms with Crippen LogP contribution in [0.2, 0.25) is 0 Å². The molecule has 0 saturated carbocycles. The lowest BCUT2D eigenvalue weighted by molar-refractivity contribution is 0.433. The van der Waals surface area contributed by atoms with Crippen LogP contribution in [-0.4, -0.2) is 33.4 Å². The topological polar surface area (TPSA) is 54.8 Å². The zero-order valence-corrected chi connectivity index (χ0v) is 10.1. The summed E-state index contributed by atoms with van der Waals surface area (Å²) in [6.07, 6.45) is 5.56. The second-order valence-corrected chi connectivity index (χ2v) is 4.67. The highest BCUT2D eigenvalue weighted by atomic mass is 15.3. The summed E-state index contributed by atoms with van der Waals surface area (Å²) in [7, 11) is 1.97. The minimum Gasteiger partial charge on any atom is -0.320 e. The number of aryl methyl sites for hydroxylation is 1. The summed E-state index contributed by atoms with van der Waals surface area (Å²) in [4.78, 5) is 0. The molecule has 2 N–H and O–H groups in total. The molecule has 1 saturated heterocycles. The lowest BCUT2D eigenvalue weighted by atomic mass is 10.1. The van der Waals surface area contributed by atoms with Gasteiger partial charge >= 0.3 is 0 Å². The second-order valence-electron chi connectivity index (χ2n) is 4.67. The zero-order valence-electron chi connectivity index (χ0n) is 10.1. The summed E-state index contributed by atoms with van der Waals surface area (Å²) in [5.41, 5.74) is 0. The Morgan fingerprint density at radius 2 is 2.56 bits per heavy atom. The van der Waals surface area contributed by atoms with E-state index in [1.807, 2.05) is 11.6 Å². The van der Waals surface area contributed by atoms with Crippen LogP contribution in [0.15, 0.2) is 6.33 Å².